The number of fused-ring (bicyclic) bond motifs is 1. The first kappa shape index (κ1) is 11.6. The van der Waals surface area contributed by atoms with Crippen molar-refractivity contribution < 1.29 is 31.5 Å². The predicted molar refractivity (Wildman–Crippen MR) is 47.6 cm³/mol. The van der Waals surface area contributed by atoms with E-state index >= 15 is 0 Å². The van der Waals surface area contributed by atoms with Crippen molar-refractivity contribution in [3.8, 4) is 0 Å². The van der Waals surface area contributed by atoms with E-state index in [0.717, 1.165) is 0 Å². The van der Waals surface area contributed by atoms with E-state index in [2.05, 4.69) is 43.3 Å². The second-order valence-electron chi connectivity index (χ2n) is 2.82. The maximum absolute atomic E-state index is 9.86. The summed E-state index contributed by atoms with van der Waals surface area (Å²) in [5.41, 5.74) is 1.37. The zero-order valence-corrected chi connectivity index (χ0v) is 10.1. The summed E-state index contributed by atoms with van der Waals surface area (Å²) in [5, 5.41) is 2.72. The normalized spacial score (nSPS) is 9.43. The molecule has 0 aliphatic heterocycles. The molecule has 4 heteroatoms. The van der Waals surface area contributed by atoms with Crippen LogP contribution in [0.25, 0.3) is 10.8 Å². The molecular formula is C10H9F3Zr-. The number of aryl methyl sites for hydroxylation is 1. The Morgan fingerprint density at radius 3 is 2.21 bits per heavy atom. The Bertz CT molecular complexity index is 392. The minimum atomic E-state index is -5.04. The van der Waals surface area contributed by atoms with Crippen LogP contribution >= 0.6 is 0 Å². The minimum absolute atomic E-state index is 1.35. The summed E-state index contributed by atoms with van der Waals surface area (Å²) < 4.78 is 29.6. The average molecular weight is 277 g/mol. The fraction of sp³-hybridized carbons (Fsp3) is 0.100. The van der Waals surface area contributed by atoms with Gasteiger partial charge < -0.3 is 0 Å². The van der Waals surface area contributed by atoms with E-state index in [1.54, 1.807) is 0 Å². The van der Waals surface area contributed by atoms with Crippen molar-refractivity contribution in [1.82, 2.24) is 0 Å². The summed E-state index contributed by atoms with van der Waals surface area (Å²) >= 11 is -5.04. The maximum atomic E-state index is 9.86. The van der Waals surface area contributed by atoms with E-state index in [-0.39, 0.29) is 0 Å². The average Bonchev–Trinajstić information content (AvgIpc) is 2.48. The van der Waals surface area contributed by atoms with Crippen molar-refractivity contribution >= 4 is 10.8 Å². The van der Waals surface area contributed by atoms with E-state index in [9.17, 15) is 7.88 Å². The quantitative estimate of drug-likeness (QED) is 0.635. The Hall–Kier alpha value is -0.497. The molecule has 0 nitrogen and oxygen atoms in total. The molecule has 0 fully saturated rings. The van der Waals surface area contributed by atoms with Crippen LogP contribution in [0.1, 0.15) is 5.56 Å². The SMILES string of the molecule is C[c-]1ccc2ccccc21.[F][Zr]([F])[F]. The number of benzene rings is 1. The molecule has 0 heterocycles. The summed E-state index contributed by atoms with van der Waals surface area (Å²) in [7, 11) is 0. The van der Waals surface area contributed by atoms with Gasteiger partial charge in [0, 0.05) is 0 Å². The molecule has 2 aromatic rings. The van der Waals surface area contributed by atoms with Crippen LogP contribution in [-0.4, -0.2) is 0 Å². The van der Waals surface area contributed by atoms with Gasteiger partial charge in [-0.15, -0.1) is 34.5 Å². The molecule has 0 spiro atoms. The Labute approximate surface area is 91.0 Å². The van der Waals surface area contributed by atoms with Crippen molar-refractivity contribution in [3.05, 3.63) is 42.0 Å². The molecule has 0 saturated carbocycles. The molecule has 14 heavy (non-hydrogen) atoms. The molecule has 0 aliphatic carbocycles. The first-order valence-electron chi connectivity index (χ1n) is 4.05. The predicted octanol–water partition coefficient (Wildman–Crippen LogP) is 4.13. The molecule has 0 amide bonds. The summed E-state index contributed by atoms with van der Waals surface area (Å²) in [6, 6.07) is 12.8. The zero-order valence-electron chi connectivity index (χ0n) is 7.60. The molecular weight excluding hydrogens is 268 g/mol. The summed E-state index contributed by atoms with van der Waals surface area (Å²) in [6.45, 7) is 2.14. The first-order chi connectivity index (χ1) is 6.61. The third-order valence-corrected chi connectivity index (χ3v) is 1.90. The number of hydrogen-bond donors (Lipinski definition) is 0. The molecule has 0 N–H and O–H groups in total. The van der Waals surface area contributed by atoms with E-state index in [4.69, 9.17) is 0 Å². The molecule has 0 unspecified atom stereocenters. The Kier molecular flexibility index (Phi) is 4.47. The molecule has 2 rings (SSSR count). The Balaban J connectivity index is 0.000000213. The van der Waals surface area contributed by atoms with Crippen LogP contribution in [0.3, 0.4) is 0 Å². The van der Waals surface area contributed by atoms with Crippen LogP contribution in [0.4, 0.5) is 7.88 Å². The van der Waals surface area contributed by atoms with Gasteiger partial charge in [-0.05, 0) is 0 Å². The topological polar surface area (TPSA) is 0 Å². The van der Waals surface area contributed by atoms with E-state index in [1.807, 2.05) is 0 Å². The Morgan fingerprint density at radius 2 is 1.64 bits per heavy atom. The molecule has 0 saturated heterocycles. The fourth-order valence-electron chi connectivity index (χ4n) is 1.31. The van der Waals surface area contributed by atoms with Crippen LogP contribution < -0.4 is 0 Å². The molecule has 0 bridgehead atoms. The summed E-state index contributed by atoms with van der Waals surface area (Å²) in [6.07, 6.45) is 0. The van der Waals surface area contributed by atoms with Gasteiger partial charge >= 0.3 is 31.5 Å². The Morgan fingerprint density at radius 1 is 1.07 bits per heavy atom. The zero-order chi connectivity index (χ0) is 10.6. The van der Waals surface area contributed by atoms with Crippen LogP contribution in [0.15, 0.2) is 36.4 Å². The van der Waals surface area contributed by atoms with Gasteiger partial charge in [0.2, 0.25) is 0 Å². The van der Waals surface area contributed by atoms with Gasteiger partial charge in [-0.25, -0.2) is 0 Å². The third kappa shape index (κ3) is 3.34. The van der Waals surface area contributed by atoms with E-state index < -0.39 is 23.6 Å². The molecule has 0 radical (unpaired) electrons. The van der Waals surface area contributed by atoms with Gasteiger partial charge in [0.1, 0.15) is 0 Å². The van der Waals surface area contributed by atoms with E-state index in [0.29, 0.717) is 0 Å². The van der Waals surface area contributed by atoms with Crippen molar-refractivity contribution in [2.75, 3.05) is 0 Å². The fourth-order valence-corrected chi connectivity index (χ4v) is 1.31. The van der Waals surface area contributed by atoms with Crippen LogP contribution in [-0.2, 0) is 23.6 Å². The molecule has 2 aromatic carbocycles. The third-order valence-electron chi connectivity index (χ3n) is 1.90. The monoisotopic (exact) mass is 276 g/mol. The molecule has 75 valence electrons. The van der Waals surface area contributed by atoms with Gasteiger partial charge in [-0.2, -0.15) is 12.1 Å². The van der Waals surface area contributed by atoms with Crippen LogP contribution in [0, 0.1) is 6.92 Å². The number of halogens is 3. The number of rotatable bonds is 0. The van der Waals surface area contributed by atoms with Gasteiger partial charge in [0.25, 0.3) is 0 Å². The molecule has 0 aliphatic rings. The van der Waals surface area contributed by atoms with E-state index in [1.165, 1.54) is 16.3 Å². The van der Waals surface area contributed by atoms with Crippen molar-refractivity contribution in [2.24, 2.45) is 0 Å². The van der Waals surface area contributed by atoms with Crippen molar-refractivity contribution in [3.63, 3.8) is 0 Å². The molecule has 0 atom stereocenters. The first-order valence-corrected chi connectivity index (χ1v) is 6.84. The van der Waals surface area contributed by atoms with Crippen molar-refractivity contribution in [1.29, 1.82) is 0 Å². The summed E-state index contributed by atoms with van der Waals surface area (Å²) in [4.78, 5) is 0. The van der Waals surface area contributed by atoms with Gasteiger partial charge in [-0.1, -0.05) is 13.0 Å². The van der Waals surface area contributed by atoms with Crippen LogP contribution in [0.2, 0.25) is 0 Å². The van der Waals surface area contributed by atoms with Gasteiger partial charge in [-0.3, -0.25) is 0 Å². The van der Waals surface area contributed by atoms with Crippen LogP contribution in [0.5, 0.6) is 0 Å². The van der Waals surface area contributed by atoms with Gasteiger partial charge in [0.05, 0.1) is 0 Å². The standard InChI is InChI=1S/C10H9.3FH.Zr/c1-8-6-7-9-4-2-3-5-10(8)9;;;;/h2-7H,1H3;3*1H;/q-1;;;;+3/p-3. The van der Waals surface area contributed by atoms with Crippen molar-refractivity contribution in [2.45, 2.75) is 6.92 Å². The second-order valence-corrected chi connectivity index (χ2v) is 3.87. The molecule has 0 aromatic heterocycles. The number of hydrogen-bond acceptors (Lipinski definition) is 0. The second kappa shape index (κ2) is 5.40. The van der Waals surface area contributed by atoms with Gasteiger partial charge in [0.15, 0.2) is 0 Å². The summed E-state index contributed by atoms with van der Waals surface area (Å²) in [5.74, 6) is 0.